The van der Waals surface area contributed by atoms with E-state index in [1.807, 2.05) is 0 Å². The summed E-state index contributed by atoms with van der Waals surface area (Å²) in [5, 5.41) is 0. The second-order valence-corrected chi connectivity index (χ2v) is 4.38. The third-order valence-corrected chi connectivity index (χ3v) is 3.01. The zero-order valence-electron chi connectivity index (χ0n) is 9.29. The van der Waals surface area contributed by atoms with Crippen LogP contribution in [0.1, 0.15) is 13.8 Å². The molecule has 0 aliphatic heterocycles. The number of carbonyl (C=O) groups excluding carboxylic acids is 1. The van der Waals surface area contributed by atoms with Gasteiger partial charge in [-0.05, 0) is 18.1 Å². The van der Waals surface area contributed by atoms with Gasteiger partial charge in [-0.15, -0.1) is 0 Å². The molecule has 1 aliphatic rings. The molecular weight excluding hydrogens is 269 g/mol. The van der Waals surface area contributed by atoms with Gasteiger partial charge in [-0.2, -0.15) is 22.0 Å². The highest BCUT2D eigenvalue weighted by molar-refractivity contribution is 5.84. The minimum atomic E-state index is -5.56. The van der Waals surface area contributed by atoms with Crippen LogP contribution in [0.5, 0.6) is 0 Å². The fourth-order valence-electron chi connectivity index (χ4n) is 1.91. The van der Waals surface area contributed by atoms with E-state index < -0.39 is 47.3 Å². The monoisotopic (exact) mass is 278 g/mol. The van der Waals surface area contributed by atoms with Crippen LogP contribution in [0, 0.1) is 5.92 Å². The number of hydrogen-bond donors (Lipinski definition) is 0. The van der Waals surface area contributed by atoms with Crippen LogP contribution in [0.4, 0.5) is 30.7 Å². The Labute approximate surface area is 97.6 Å². The molecule has 1 rings (SSSR count). The fraction of sp³-hybridized carbons (Fsp3) is 0.700. The van der Waals surface area contributed by atoms with Crippen LogP contribution in [-0.2, 0) is 4.79 Å². The molecule has 0 radical (unpaired) electrons. The summed E-state index contributed by atoms with van der Waals surface area (Å²) in [7, 11) is 0. The fourth-order valence-corrected chi connectivity index (χ4v) is 1.91. The minimum Gasteiger partial charge on any atom is -0.257 e. The molecule has 8 heteroatoms. The van der Waals surface area contributed by atoms with Crippen LogP contribution in [0.2, 0.25) is 0 Å². The van der Waals surface area contributed by atoms with Crippen LogP contribution in [0.3, 0.4) is 0 Å². The van der Waals surface area contributed by atoms with Crippen molar-refractivity contribution in [3.8, 4) is 0 Å². The van der Waals surface area contributed by atoms with Crippen LogP contribution in [0.15, 0.2) is 12.2 Å². The molecule has 0 heterocycles. The number of carbonyl (C=O) groups is 1. The zero-order valence-corrected chi connectivity index (χ0v) is 9.29. The Bertz CT molecular complexity index is 403. The average Bonchev–Trinajstić information content (AvgIpc) is 2.21. The van der Waals surface area contributed by atoms with Gasteiger partial charge in [-0.1, -0.05) is 13.8 Å². The molecule has 2 atom stereocenters. The van der Waals surface area contributed by atoms with E-state index in [0.717, 1.165) is 0 Å². The van der Waals surface area contributed by atoms with Crippen molar-refractivity contribution in [1.29, 1.82) is 0 Å². The Morgan fingerprint density at radius 1 is 1.00 bits per heavy atom. The predicted molar refractivity (Wildman–Crippen MR) is 47.7 cm³/mol. The first-order chi connectivity index (χ1) is 7.84. The van der Waals surface area contributed by atoms with E-state index in [0.29, 0.717) is 13.8 Å². The predicted octanol–water partition coefficient (Wildman–Crippen LogP) is 3.40. The first-order valence-corrected chi connectivity index (χ1v) is 4.88. The van der Waals surface area contributed by atoms with Gasteiger partial charge in [0.1, 0.15) is 0 Å². The third-order valence-electron chi connectivity index (χ3n) is 3.01. The van der Waals surface area contributed by atoms with Crippen LogP contribution in [0.25, 0.3) is 0 Å². The van der Waals surface area contributed by atoms with E-state index in [-0.39, 0.29) is 0 Å². The van der Waals surface area contributed by atoms with Gasteiger partial charge in [0, 0.05) is 0 Å². The number of hydrogen-bond acceptors (Lipinski definition) is 1. The van der Waals surface area contributed by atoms with Gasteiger partial charge in [-0.3, -0.25) is 4.79 Å². The van der Waals surface area contributed by atoms with Crippen LogP contribution < -0.4 is 0 Å². The Hall–Kier alpha value is -1.08. The number of alkyl halides is 6. The van der Waals surface area contributed by atoms with Crippen molar-refractivity contribution in [3.05, 3.63) is 12.2 Å². The quantitative estimate of drug-likeness (QED) is 0.430. The van der Waals surface area contributed by atoms with E-state index in [1.165, 1.54) is 0 Å². The molecule has 1 aliphatic carbocycles. The molecule has 0 fully saturated rings. The Kier molecular flexibility index (Phi) is 3.08. The lowest BCUT2D eigenvalue weighted by molar-refractivity contribution is -0.295. The van der Waals surface area contributed by atoms with Gasteiger partial charge in [0.25, 0.3) is 5.67 Å². The number of rotatable bonds is 2. The maximum Gasteiger partial charge on any atom is 0.351 e. The molecule has 0 aromatic carbocycles. The van der Waals surface area contributed by atoms with Gasteiger partial charge >= 0.3 is 17.9 Å². The smallest absolute Gasteiger partial charge is 0.257 e. The zero-order chi connectivity index (χ0) is 14.6. The summed E-state index contributed by atoms with van der Waals surface area (Å²) in [6.45, 7) is 1.31. The summed E-state index contributed by atoms with van der Waals surface area (Å²) in [5.41, 5.74) is -9.11. The Balaban J connectivity index is 3.65. The van der Waals surface area contributed by atoms with E-state index in [4.69, 9.17) is 0 Å². The largest absolute Gasteiger partial charge is 0.351 e. The summed E-state index contributed by atoms with van der Waals surface area (Å²) in [5.74, 6) is -12.6. The first kappa shape index (κ1) is 15.0. The van der Waals surface area contributed by atoms with Crippen LogP contribution >= 0.6 is 0 Å². The molecule has 2 unspecified atom stereocenters. The highest BCUT2D eigenvalue weighted by atomic mass is 19.3. The standard InChI is InChI=1S/C10H9F7O/c1-5(2)9(15)7(12,6(11)18)3-4-8(13,14)10(9,16)17/h3-5H,1-2H3. The molecule has 0 amide bonds. The lowest BCUT2D eigenvalue weighted by Gasteiger charge is -2.47. The normalized spacial score (nSPS) is 37.9. The maximum absolute atomic E-state index is 14.2. The molecule has 1 nitrogen and oxygen atoms in total. The second-order valence-electron chi connectivity index (χ2n) is 4.38. The maximum atomic E-state index is 14.2. The van der Waals surface area contributed by atoms with Gasteiger partial charge in [0.2, 0.25) is 5.67 Å². The third kappa shape index (κ3) is 1.43. The second kappa shape index (κ2) is 3.71. The van der Waals surface area contributed by atoms with E-state index in [9.17, 15) is 35.5 Å². The Morgan fingerprint density at radius 3 is 1.78 bits per heavy atom. The molecular formula is C10H9F7O. The average molecular weight is 278 g/mol. The lowest BCUT2D eigenvalue weighted by Crippen LogP contribution is -2.71. The van der Waals surface area contributed by atoms with Gasteiger partial charge in [0.15, 0.2) is 0 Å². The lowest BCUT2D eigenvalue weighted by atomic mass is 9.68. The van der Waals surface area contributed by atoms with Crippen molar-refractivity contribution in [3.63, 3.8) is 0 Å². The minimum absolute atomic E-state index is 0.479. The van der Waals surface area contributed by atoms with Crippen LogP contribution in [-0.4, -0.2) is 29.2 Å². The topological polar surface area (TPSA) is 17.1 Å². The Morgan fingerprint density at radius 2 is 1.44 bits per heavy atom. The first-order valence-electron chi connectivity index (χ1n) is 4.88. The molecule has 0 saturated carbocycles. The summed E-state index contributed by atoms with van der Waals surface area (Å²) in [6, 6.07) is -3.08. The molecule has 0 bridgehead atoms. The SMILES string of the molecule is CC(C)C1(F)C(F)(C(=O)F)C=CC(F)(F)C1(F)F. The summed E-state index contributed by atoms with van der Waals surface area (Å²) in [6.07, 6.45) is -1.17. The van der Waals surface area contributed by atoms with E-state index >= 15 is 0 Å². The summed E-state index contributed by atoms with van der Waals surface area (Å²) < 4.78 is 93.3. The van der Waals surface area contributed by atoms with Crippen molar-refractivity contribution in [2.24, 2.45) is 5.92 Å². The molecule has 18 heavy (non-hydrogen) atoms. The van der Waals surface area contributed by atoms with Gasteiger partial charge in [-0.25, -0.2) is 8.78 Å². The van der Waals surface area contributed by atoms with Gasteiger partial charge < -0.3 is 0 Å². The van der Waals surface area contributed by atoms with Crippen molar-refractivity contribution in [1.82, 2.24) is 0 Å². The summed E-state index contributed by atoms with van der Waals surface area (Å²) >= 11 is 0. The highest BCUT2D eigenvalue weighted by Crippen LogP contribution is 2.58. The van der Waals surface area contributed by atoms with E-state index in [2.05, 4.69) is 0 Å². The molecule has 0 aromatic rings. The van der Waals surface area contributed by atoms with Gasteiger partial charge in [0.05, 0.1) is 0 Å². The van der Waals surface area contributed by atoms with Crippen molar-refractivity contribution >= 4 is 6.04 Å². The molecule has 0 N–H and O–H groups in total. The molecule has 104 valence electrons. The number of allylic oxidation sites excluding steroid dienone is 2. The number of halogens is 7. The molecule has 0 spiro atoms. The van der Waals surface area contributed by atoms with E-state index in [1.54, 1.807) is 0 Å². The van der Waals surface area contributed by atoms with Crippen molar-refractivity contribution in [2.75, 3.05) is 0 Å². The highest BCUT2D eigenvalue weighted by Gasteiger charge is 2.81. The molecule has 0 saturated heterocycles. The summed E-state index contributed by atoms with van der Waals surface area (Å²) in [4.78, 5) is 10.4. The van der Waals surface area contributed by atoms with Crippen molar-refractivity contribution < 1.29 is 35.5 Å². The molecule has 0 aromatic heterocycles. The van der Waals surface area contributed by atoms with Crippen molar-refractivity contribution in [2.45, 2.75) is 37.0 Å².